The predicted molar refractivity (Wildman–Crippen MR) is 548 cm³/mol. The molecule has 5 aliphatic carbocycles. The topological polar surface area (TPSA) is 235 Å². The smallest absolute Gasteiger partial charge is 0.333 e. The highest BCUT2D eigenvalue weighted by Gasteiger charge is 2.37. The monoisotopic (exact) mass is 1990 g/mol. The fraction of sp³-hybridized carbons (Fsp3) is 0.321. The molecule has 0 saturated heterocycles. The molecule has 136 heavy (non-hydrogen) atoms. The molecular formula is C106H113Cl6F6N11O6S. The second-order valence-corrected chi connectivity index (χ2v) is 39.6. The molecule has 11 N–H and O–H groups in total. The maximum absolute atomic E-state index is 13.9. The summed E-state index contributed by atoms with van der Waals surface area (Å²) in [6.45, 7) is 12.3. The zero-order chi connectivity index (χ0) is 97.8. The molecule has 0 atom stereocenters. The molecule has 5 fully saturated rings. The Hall–Kier alpha value is -11.1. The summed E-state index contributed by atoms with van der Waals surface area (Å²) < 4.78 is 79.1. The highest BCUT2D eigenvalue weighted by atomic mass is 35.5. The van der Waals surface area contributed by atoms with Gasteiger partial charge >= 0.3 is 36.3 Å². The van der Waals surface area contributed by atoms with Crippen molar-refractivity contribution in [1.82, 2.24) is 26.6 Å². The van der Waals surface area contributed by atoms with Gasteiger partial charge in [0.15, 0.2) is 0 Å². The molecule has 16 rings (SSSR count). The zero-order valence-electron chi connectivity index (χ0n) is 76.5. The van der Waals surface area contributed by atoms with Crippen LogP contribution < -0.4 is 58.5 Å². The van der Waals surface area contributed by atoms with Crippen molar-refractivity contribution < 1.29 is 55.1 Å². The van der Waals surface area contributed by atoms with Crippen molar-refractivity contribution in [3.63, 3.8) is 0 Å². The molecule has 0 spiro atoms. The van der Waals surface area contributed by atoms with Crippen molar-refractivity contribution in [2.75, 3.05) is 43.4 Å². The third kappa shape index (κ3) is 32.0. The third-order valence-corrected chi connectivity index (χ3v) is 26.8. The van der Waals surface area contributed by atoms with E-state index in [1.165, 1.54) is 73.1 Å². The molecule has 0 heterocycles. The van der Waals surface area contributed by atoms with Gasteiger partial charge in [-0.2, -0.15) is 24.9 Å². The molecule has 718 valence electrons. The van der Waals surface area contributed by atoms with Gasteiger partial charge in [0.2, 0.25) is 5.91 Å². The maximum Gasteiger partial charge on any atom is 0.416 e. The minimum Gasteiger partial charge on any atom is -0.333 e. The highest BCUT2D eigenvalue weighted by molar-refractivity contribution is 7.99. The number of amides is 11. The van der Waals surface area contributed by atoms with Gasteiger partial charge in [-0.05, 0) is 223 Å². The van der Waals surface area contributed by atoms with Crippen molar-refractivity contribution in [3.8, 4) is 55.6 Å². The van der Waals surface area contributed by atoms with Crippen LogP contribution in [0.2, 0.25) is 30.1 Å². The van der Waals surface area contributed by atoms with Crippen molar-refractivity contribution in [2.24, 2.45) is 0 Å². The van der Waals surface area contributed by atoms with Crippen LogP contribution in [0.1, 0.15) is 176 Å². The molecule has 0 unspecified atom stereocenters. The minimum atomic E-state index is -4.47. The first kappa shape index (κ1) is 105. The van der Waals surface area contributed by atoms with Crippen LogP contribution in [-0.2, 0) is 11.0 Å². The van der Waals surface area contributed by atoms with E-state index in [0.29, 0.717) is 59.7 Å². The number of benzene rings is 11. The summed E-state index contributed by atoms with van der Waals surface area (Å²) in [5.41, 5.74) is 9.44. The number of rotatable bonds is 19. The number of hydrogen-bond acceptors (Lipinski definition) is 7. The van der Waals surface area contributed by atoms with Gasteiger partial charge in [-0.1, -0.05) is 292 Å². The van der Waals surface area contributed by atoms with Crippen molar-refractivity contribution in [1.29, 1.82) is 0 Å². The summed E-state index contributed by atoms with van der Waals surface area (Å²) in [5.74, 6) is -0.121. The molecule has 11 amide bonds. The van der Waals surface area contributed by atoms with E-state index >= 15 is 0 Å². The number of halogens is 12. The summed E-state index contributed by atoms with van der Waals surface area (Å²) in [6, 6.07) is 67.4. The Kier molecular flexibility index (Phi) is 38.2. The Bertz CT molecular complexity index is 5890. The molecule has 5 aliphatic rings. The first-order valence-electron chi connectivity index (χ1n) is 45.4. The first-order valence-corrected chi connectivity index (χ1v) is 48.8. The van der Waals surface area contributed by atoms with Crippen molar-refractivity contribution in [2.45, 2.75) is 204 Å². The molecule has 0 bridgehead atoms. The predicted octanol–water partition coefficient (Wildman–Crippen LogP) is 31.8. The van der Waals surface area contributed by atoms with Crippen LogP contribution in [0, 0.1) is 17.5 Å². The fourth-order valence-corrected chi connectivity index (χ4v) is 19.0. The van der Waals surface area contributed by atoms with E-state index in [1.54, 1.807) is 66.7 Å². The Morgan fingerprint density at radius 3 is 1.01 bits per heavy atom. The summed E-state index contributed by atoms with van der Waals surface area (Å²) in [4.78, 5) is 73.4. The molecule has 0 aromatic heterocycles. The number of hydrogen-bond donors (Lipinski definition) is 11. The van der Waals surface area contributed by atoms with E-state index in [4.69, 9.17) is 69.6 Å². The van der Waals surface area contributed by atoms with Crippen LogP contribution >= 0.6 is 81.4 Å². The largest absolute Gasteiger partial charge is 0.416 e. The van der Waals surface area contributed by atoms with Crippen LogP contribution in [0.25, 0.3) is 55.6 Å². The van der Waals surface area contributed by atoms with Gasteiger partial charge in [0.25, 0.3) is 0 Å². The molecule has 0 aliphatic heterocycles. The van der Waals surface area contributed by atoms with Crippen LogP contribution in [0.4, 0.5) is 84.4 Å². The van der Waals surface area contributed by atoms with E-state index in [2.05, 4.69) is 86.2 Å². The quantitative estimate of drug-likeness (QED) is 0.0350. The molecule has 0 radical (unpaired) electrons. The van der Waals surface area contributed by atoms with Gasteiger partial charge in [0, 0.05) is 76.3 Å². The number of anilines is 6. The van der Waals surface area contributed by atoms with Gasteiger partial charge in [-0.25, -0.2) is 37.1 Å². The second-order valence-electron chi connectivity index (χ2n) is 35.8. The number of nitrogens with one attached hydrogen (secondary N) is 11. The summed E-state index contributed by atoms with van der Waals surface area (Å²) in [7, 11) is 0. The van der Waals surface area contributed by atoms with E-state index in [-0.39, 0.29) is 79.3 Å². The molecule has 30 heteroatoms. The van der Waals surface area contributed by atoms with Gasteiger partial charge in [0.1, 0.15) is 17.5 Å². The van der Waals surface area contributed by atoms with Gasteiger partial charge < -0.3 is 58.5 Å². The summed E-state index contributed by atoms with van der Waals surface area (Å²) in [6.07, 6.45) is 16.5. The van der Waals surface area contributed by atoms with Gasteiger partial charge in [-0.15, -0.1) is 0 Å². The summed E-state index contributed by atoms with van der Waals surface area (Å²) in [5, 5.41) is 34.2. The van der Waals surface area contributed by atoms with Crippen molar-refractivity contribution >= 4 is 152 Å². The molecule has 11 aromatic rings. The van der Waals surface area contributed by atoms with Crippen LogP contribution in [0.5, 0.6) is 0 Å². The first-order chi connectivity index (χ1) is 64.8. The Morgan fingerprint density at radius 2 is 0.640 bits per heavy atom. The number of thioether (sulfide) groups is 1. The van der Waals surface area contributed by atoms with E-state index < -0.39 is 29.4 Å². The molecule has 17 nitrogen and oxygen atoms in total. The van der Waals surface area contributed by atoms with Crippen molar-refractivity contribution in [3.05, 3.63) is 296 Å². The second kappa shape index (κ2) is 49.3. The highest BCUT2D eigenvalue weighted by Crippen LogP contribution is 2.43. The van der Waals surface area contributed by atoms with Crippen LogP contribution in [0.3, 0.4) is 0 Å². The number of carbonyl (C=O) groups excluding carboxylic acids is 6. The molecule has 5 saturated carbocycles. The SMILES string of the molecule is CC1(NC(=O)Nc2cc(C(F)(F)F)ccc2-c2ccccc2)CCCC1.CC1(NC(=O)Nc2cc(Cl)c(F)cc2-c2ccccc2)CCCC1.CC1(NC(=O)Nc2cc(Cl)cc(Cl)c2-c2ccccc2)CCCC1.CC1(NC(=O)Nc2cc(Cl)ccc2-c2ccc(F)cc2)CCCC1.CC1(NC(=O)Nc2cc(Cl)ccc2-c2ccccc2)CCCC1.CCSCC(=O)Nc1ccc(F)c(Cl)c1. The maximum atomic E-state index is 13.9. The standard InChI is InChI=1S/C20H21F3N2O.C19H20Cl2N2O.2C19H20ClFN2O.C19H21ClN2O.C10H11ClFNOS/c1-19(11-5-6-12-19)25-18(26)24-17-13-15(20(21,22)23)9-10-16(17)14-7-3-2-4-8-14;1-19(9-5-6-10-19)23-18(24)22-16-12-14(20)11-15(21)17(16)13-7-3-2-4-8-13;1-19(10-2-3-11-19)23-18(24)22-17-12-14(20)6-9-16(17)13-4-7-15(21)8-5-13;1-19(9-5-6-10-19)23-18(24)22-17-12-15(20)16(21)11-14(17)13-7-3-2-4-8-13;1-19(11-5-6-12-19)22-18(23)21-17-13-15(20)9-10-16(17)14-7-3-2-4-8-14;1-2-15-6-10(14)13-7-3-4-9(12)8(11)5-7/h2-4,7-10,13H,5-6,11-12H2,1H3,(H2,24,25,26);2-4,7-8,11-12H,5-6,9-10H2,1H3,(H2,22,23,24);4-9,12H,2-3,10-11H2,1H3,(H2,22,23,24);2-4,7-8,11-12H,5-6,9-10H2,1H3,(H2,22,23,24);2-4,7-10,13H,5-6,11-12H2,1H3,(H2,21,22,23);3-5H,2,6H2,1H3,(H,13,14). The zero-order valence-corrected chi connectivity index (χ0v) is 81.9. The summed E-state index contributed by atoms with van der Waals surface area (Å²) >= 11 is 37.7. The molecular weight excluding hydrogens is 1880 g/mol. The minimum absolute atomic E-state index is 0.0101. The fourth-order valence-electron chi connectivity index (χ4n) is 17.3. The lowest BCUT2D eigenvalue weighted by Gasteiger charge is -2.26. The third-order valence-electron chi connectivity index (χ3n) is 24.4. The number of carbonyl (C=O) groups is 6. The lowest BCUT2D eigenvalue weighted by Crippen LogP contribution is -2.45. The lowest BCUT2D eigenvalue weighted by atomic mass is 10.0. The Labute approximate surface area is 826 Å². The molecule has 11 aromatic carbocycles. The van der Waals surface area contributed by atoms with Crippen LogP contribution in [-0.4, -0.2) is 75.3 Å². The Balaban J connectivity index is 0.000000158. The van der Waals surface area contributed by atoms with Crippen LogP contribution in [0.15, 0.2) is 243 Å². The normalized spacial score (nSPS) is 15.4. The van der Waals surface area contributed by atoms with Gasteiger partial charge in [0.05, 0.1) is 54.8 Å². The van der Waals surface area contributed by atoms with Gasteiger partial charge in [-0.3, -0.25) is 4.79 Å². The van der Waals surface area contributed by atoms with E-state index in [9.17, 15) is 55.1 Å². The average molecular weight is 2000 g/mol. The lowest BCUT2D eigenvalue weighted by molar-refractivity contribution is -0.137. The van der Waals surface area contributed by atoms with E-state index in [1.807, 2.05) is 129 Å². The number of urea groups is 5. The average Bonchev–Trinajstić information content (AvgIpc) is 0.886. The van der Waals surface area contributed by atoms with E-state index in [0.717, 1.165) is 184 Å². The Morgan fingerprint density at radius 1 is 0.316 bits per heavy atom. The number of alkyl halides is 3.